The molecule has 2 amide bonds. The van der Waals surface area contributed by atoms with Crippen LogP contribution in [0.15, 0.2) is 44.7 Å². The molecule has 2 heterocycles. The number of amides is 2. The summed E-state index contributed by atoms with van der Waals surface area (Å²) in [5.41, 5.74) is 0.859. The van der Waals surface area contributed by atoms with Crippen molar-refractivity contribution in [1.29, 1.82) is 0 Å². The van der Waals surface area contributed by atoms with E-state index in [1.54, 1.807) is 46.9 Å². The fourth-order valence-corrected chi connectivity index (χ4v) is 9.91. The molecule has 6 rings (SSSR count). The van der Waals surface area contributed by atoms with Gasteiger partial charge in [-0.2, -0.15) is 0 Å². The largest absolute Gasteiger partial charge is 0.513 e. The number of hydrogen-bond donors (Lipinski definition) is 3. The Morgan fingerprint density at radius 3 is 1.65 bits per heavy atom. The number of carbonyl (C=O) groups excluding carboxylic acids is 4. The van der Waals surface area contributed by atoms with E-state index in [0.29, 0.717) is 96.2 Å². The maximum absolute atomic E-state index is 13.3. The SMILES string of the molecule is CC#Cc1cc(Br)c(C2=C(O)[C@]3(CC[C@H](COCC)C3)NC2=O)c(OC)c1.CC#Cc1cc(Br)c(C2=C(OC(=O)OCC)[C@]3(CC[C@H](COCC)C3)NC2=O)c(OC)c1.CCOC(=O)Cl. The van der Waals surface area contributed by atoms with Gasteiger partial charge in [0.2, 0.25) is 0 Å². The van der Waals surface area contributed by atoms with Crippen LogP contribution in [0.3, 0.4) is 0 Å². The molecule has 2 aromatic carbocycles. The van der Waals surface area contributed by atoms with Crippen LogP contribution >= 0.6 is 43.5 Å². The monoisotopic (exact) mass is 1050 g/mol. The summed E-state index contributed by atoms with van der Waals surface area (Å²) in [4.78, 5) is 48.1. The van der Waals surface area contributed by atoms with E-state index in [4.69, 9.17) is 40.0 Å². The minimum absolute atomic E-state index is 0.0971. The number of methoxy groups -OCH3 is 2. The summed E-state index contributed by atoms with van der Waals surface area (Å²) in [6, 6.07) is 7.19. The van der Waals surface area contributed by atoms with Gasteiger partial charge in [-0.05, 0) is 148 Å². The molecule has 14 nitrogen and oxygen atoms in total. The van der Waals surface area contributed by atoms with E-state index >= 15 is 0 Å². The first-order valence-electron chi connectivity index (χ1n) is 21.4. The Balaban J connectivity index is 0.000000255. The number of carbonyl (C=O) groups is 4. The Hall–Kier alpha value is -4.71. The van der Waals surface area contributed by atoms with Gasteiger partial charge in [-0.1, -0.05) is 11.8 Å². The van der Waals surface area contributed by atoms with Gasteiger partial charge in [-0.15, -0.1) is 11.8 Å². The summed E-state index contributed by atoms with van der Waals surface area (Å²) in [7, 11) is 3.07. The number of aliphatic hydroxyl groups is 1. The van der Waals surface area contributed by atoms with Crippen molar-refractivity contribution in [2.75, 3.05) is 53.9 Å². The van der Waals surface area contributed by atoms with Crippen molar-refractivity contribution in [2.24, 2.45) is 11.8 Å². The Labute approximate surface area is 403 Å². The third kappa shape index (κ3) is 12.8. The number of halogens is 3. The van der Waals surface area contributed by atoms with Gasteiger partial charge in [-0.3, -0.25) is 9.59 Å². The predicted molar refractivity (Wildman–Crippen MR) is 253 cm³/mol. The standard InChI is InChI=1S/C24H28BrNO6.C21H24BrNO4.C3H5ClO2/c1-5-8-15-11-17(25)19(18(12-15)29-4)20-21(32-23(28)31-7-3)24(26-22(20)27)10-9-16(13-24)14-30-6-2;1-4-6-13-9-15(22)17(16(10-13)26-3)18-19(24)21(23-20(18)25)8-7-14(11-21)12-27-5-2;1-2-6-3(4)5/h11-12,16H,6-7,9-10,13-14H2,1-4H3,(H,26,27);9-10,14,24H,5,7-8,11-12H2,1-3H3,(H,23,25);2H2,1H3/t16-,24+;14-,21+;/m00./s1. The van der Waals surface area contributed by atoms with Crippen LogP contribution in [0.2, 0.25) is 0 Å². The van der Waals surface area contributed by atoms with Gasteiger partial charge in [0.1, 0.15) is 17.3 Å². The molecule has 4 aliphatic rings. The van der Waals surface area contributed by atoms with Crippen LogP contribution in [0.4, 0.5) is 9.59 Å². The van der Waals surface area contributed by atoms with Crippen LogP contribution < -0.4 is 20.1 Å². The van der Waals surface area contributed by atoms with Gasteiger partial charge in [0.05, 0.1) is 49.7 Å². The summed E-state index contributed by atoms with van der Waals surface area (Å²) in [5, 5.41) is 17.2. The first-order valence-corrected chi connectivity index (χ1v) is 23.3. The highest BCUT2D eigenvalue weighted by atomic mass is 79.9. The molecular weight excluding hydrogens is 992 g/mol. The minimum Gasteiger partial charge on any atom is -0.509 e. The van der Waals surface area contributed by atoms with E-state index in [-0.39, 0.29) is 47.0 Å². The molecule has 2 saturated carbocycles. The van der Waals surface area contributed by atoms with Crippen molar-refractivity contribution in [2.45, 2.75) is 91.1 Å². The third-order valence-electron chi connectivity index (χ3n) is 11.2. The molecule has 65 heavy (non-hydrogen) atoms. The highest BCUT2D eigenvalue weighted by molar-refractivity contribution is 9.10. The summed E-state index contributed by atoms with van der Waals surface area (Å²) < 4.78 is 38.4. The Morgan fingerprint density at radius 2 is 1.20 bits per heavy atom. The number of nitrogens with one attached hydrogen (secondary N) is 2. The minimum atomic E-state index is -0.840. The van der Waals surface area contributed by atoms with Gasteiger partial charge >= 0.3 is 11.6 Å². The number of hydrogen-bond acceptors (Lipinski definition) is 12. The fourth-order valence-electron chi connectivity index (χ4n) is 8.52. The maximum atomic E-state index is 13.3. The molecule has 2 aromatic rings. The van der Waals surface area contributed by atoms with Crippen molar-refractivity contribution < 1.29 is 57.4 Å². The number of benzene rings is 2. The highest BCUT2D eigenvalue weighted by Gasteiger charge is 2.54. The lowest BCUT2D eigenvalue weighted by molar-refractivity contribution is -0.117. The lowest BCUT2D eigenvalue weighted by atomic mass is 9.92. The van der Waals surface area contributed by atoms with Gasteiger partial charge in [0, 0.05) is 69.2 Å². The van der Waals surface area contributed by atoms with Crippen LogP contribution in [0, 0.1) is 35.5 Å². The third-order valence-corrected chi connectivity index (χ3v) is 12.5. The van der Waals surface area contributed by atoms with E-state index in [2.05, 4.69) is 70.9 Å². The Kier molecular flexibility index (Phi) is 20.1. The van der Waals surface area contributed by atoms with E-state index in [1.165, 1.54) is 7.11 Å². The van der Waals surface area contributed by atoms with Gasteiger partial charge in [0.25, 0.3) is 11.8 Å². The molecule has 0 bridgehead atoms. The summed E-state index contributed by atoms with van der Waals surface area (Å²) in [5.74, 6) is 13.0. The second kappa shape index (κ2) is 24.7. The molecular formula is C48H57Br2ClN2O12. The van der Waals surface area contributed by atoms with E-state index < -0.39 is 22.7 Å². The van der Waals surface area contributed by atoms with Crippen molar-refractivity contribution in [3.63, 3.8) is 0 Å². The fraction of sp³-hybridized carbons (Fsp3) is 0.500. The molecule has 2 aliphatic carbocycles. The van der Waals surface area contributed by atoms with Crippen molar-refractivity contribution in [3.05, 3.63) is 67.0 Å². The Morgan fingerprint density at radius 1 is 0.738 bits per heavy atom. The molecule has 3 N–H and O–H groups in total. The molecule has 352 valence electrons. The second-order valence-corrected chi connectivity index (χ2v) is 17.3. The molecule has 17 heteroatoms. The average Bonchev–Trinajstić information content (AvgIpc) is 4.00. The smallest absolute Gasteiger partial charge is 0.509 e. The molecule has 2 spiro atoms. The van der Waals surface area contributed by atoms with Crippen LogP contribution in [0.5, 0.6) is 11.5 Å². The maximum Gasteiger partial charge on any atom is 0.513 e. The van der Waals surface area contributed by atoms with Crippen molar-refractivity contribution in [1.82, 2.24) is 10.6 Å². The van der Waals surface area contributed by atoms with Crippen LogP contribution in [0.25, 0.3) is 11.1 Å². The molecule has 0 aromatic heterocycles. The van der Waals surface area contributed by atoms with E-state index in [9.17, 15) is 24.3 Å². The van der Waals surface area contributed by atoms with E-state index in [1.807, 2.05) is 26.0 Å². The molecule has 2 fully saturated rings. The first kappa shape index (κ1) is 52.9. The van der Waals surface area contributed by atoms with Crippen LogP contribution in [-0.2, 0) is 33.3 Å². The number of aliphatic hydroxyl groups excluding tert-OH is 1. The summed E-state index contributed by atoms with van der Waals surface area (Å²) in [6.07, 6.45) is 3.52. The zero-order chi connectivity index (χ0) is 47.9. The molecule has 2 aliphatic heterocycles. The molecule has 0 saturated heterocycles. The number of ether oxygens (including phenoxy) is 7. The van der Waals surface area contributed by atoms with E-state index in [0.717, 1.165) is 24.0 Å². The molecule has 0 radical (unpaired) electrons. The zero-order valence-electron chi connectivity index (χ0n) is 38.0. The normalized spacial score (nSPS) is 21.5. The Bertz CT molecular complexity index is 2290. The topological polar surface area (TPSA) is 177 Å². The van der Waals surface area contributed by atoms with Crippen molar-refractivity contribution >= 4 is 78.0 Å². The molecule has 0 unspecified atom stereocenters. The van der Waals surface area contributed by atoms with Crippen LogP contribution in [0.1, 0.15) is 102 Å². The summed E-state index contributed by atoms with van der Waals surface area (Å²) in [6.45, 7) is 13.9. The lowest BCUT2D eigenvalue weighted by Crippen LogP contribution is -2.43. The second-order valence-electron chi connectivity index (χ2n) is 15.3. The van der Waals surface area contributed by atoms with Gasteiger partial charge in [0.15, 0.2) is 5.76 Å². The van der Waals surface area contributed by atoms with Crippen LogP contribution in [-0.4, -0.2) is 93.4 Å². The number of rotatable bonds is 13. The first-order chi connectivity index (χ1) is 31.1. The highest BCUT2D eigenvalue weighted by Crippen LogP contribution is 2.50. The summed E-state index contributed by atoms with van der Waals surface area (Å²) >= 11 is 11.8. The van der Waals surface area contributed by atoms with Crippen molar-refractivity contribution in [3.8, 4) is 35.2 Å². The molecule has 4 atom stereocenters. The predicted octanol–water partition coefficient (Wildman–Crippen LogP) is 9.60. The van der Waals surface area contributed by atoms with Gasteiger partial charge < -0.3 is 48.9 Å². The average molecular weight is 1050 g/mol. The van der Waals surface area contributed by atoms with Gasteiger partial charge in [-0.25, -0.2) is 9.59 Å². The quantitative estimate of drug-likeness (QED) is 0.0985. The zero-order valence-corrected chi connectivity index (χ0v) is 41.9. The lowest BCUT2D eigenvalue weighted by Gasteiger charge is -2.27.